The molecule has 0 heterocycles. The van der Waals surface area contributed by atoms with Gasteiger partial charge in [0, 0.05) is 30.8 Å². The highest BCUT2D eigenvalue weighted by molar-refractivity contribution is 7.90. The Morgan fingerprint density at radius 3 is 2.54 bits per heavy atom. The Morgan fingerprint density at radius 2 is 1.92 bits per heavy atom. The molecule has 1 aliphatic carbocycles. The lowest BCUT2D eigenvalue weighted by Crippen LogP contribution is -2.35. The van der Waals surface area contributed by atoms with Crippen LogP contribution in [0.3, 0.4) is 0 Å². The highest BCUT2D eigenvalue weighted by atomic mass is 35.5. The van der Waals surface area contributed by atoms with E-state index in [1.165, 1.54) is 18.2 Å². The van der Waals surface area contributed by atoms with Crippen LogP contribution in [0.4, 0.5) is 0 Å². The smallest absolute Gasteiger partial charge is 0.251 e. The van der Waals surface area contributed by atoms with Gasteiger partial charge in [-0.05, 0) is 31.0 Å². The van der Waals surface area contributed by atoms with Crippen LogP contribution in [0.5, 0.6) is 0 Å². The molecular formula is C16H21ClN2O4S. The third-order valence-electron chi connectivity index (χ3n) is 3.95. The molecule has 2 N–H and O–H groups in total. The number of halogens is 1. The van der Waals surface area contributed by atoms with Crippen molar-refractivity contribution in [1.29, 1.82) is 0 Å². The summed E-state index contributed by atoms with van der Waals surface area (Å²) in [5, 5.41) is 5.63. The molecule has 0 unspecified atom stereocenters. The van der Waals surface area contributed by atoms with Crippen LogP contribution in [0.15, 0.2) is 23.1 Å². The summed E-state index contributed by atoms with van der Waals surface area (Å²) in [4.78, 5) is 23.8. The summed E-state index contributed by atoms with van der Waals surface area (Å²) < 4.78 is 23.3. The summed E-state index contributed by atoms with van der Waals surface area (Å²) in [5.41, 5.74) is 0.191. The molecule has 2 rings (SSSR count). The minimum atomic E-state index is -3.51. The molecular weight excluding hydrogens is 352 g/mol. The Labute approximate surface area is 146 Å². The van der Waals surface area contributed by atoms with E-state index in [-0.39, 0.29) is 40.4 Å². The number of amides is 2. The summed E-state index contributed by atoms with van der Waals surface area (Å²) >= 11 is 5.85. The fourth-order valence-corrected chi connectivity index (χ4v) is 3.99. The van der Waals surface area contributed by atoms with Crippen LogP contribution in [0.1, 0.15) is 42.5 Å². The first-order valence-electron chi connectivity index (χ1n) is 7.84. The number of carbonyl (C=O) groups excluding carboxylic acids is 2. The Kier molecular flexibility index (Phi) is 6.23. The standard InChI is InChI=1S/C16H21ClN2O4S/c1-24(22,23)14-10-11(6-7-13(14)17)16(21)18-9-8-15(20)19-12-4-2-3-5-12/h6-7,10,12H,2-5,8-9H2,1H3,(H,18,21)(H,19,20). The van der Waals surface area contributed by atoms with Crippen molar-refractivity contribution in [2.24, 2.45) is 0 Å². The van der Waals surface area contributed by atoms with Gasteiger partial charge in [0.25, 0.3) is 5.91 Å². The van der Waals surface area contributed by atoms with Crippen LogP contribution in [0.2, 0.25) is 5.02 Å². The zero-order chi connectivity index (χ0) is 17.7. The van der Waals surface area contributed by atoms with Gasteiger partial charge >= 0.3 is 0 Å². The SMILES string of the molecule is CS(=O)(=O)c1cc(C(=O)NCCC(=O)NC2CCCC2)ccc1Cl. The first-order valence-corrected chi connectivity index (χ1v) is 10.1. The molecule has 6 nitrogen and oxygen atoms in total. The van der Waals surface area contributed by atoms with Gasteiger partial charge in [-0.15, -0.1) is 0 Å². The van der Waals surface area contributed by atoms with E-state index in [4.69, 9.17) is 11.6 Å². The van der Waals surface area contributed by atoms with E-state index in [0.29, 0.717) is 0 Å². The molecule has 0 spiro atoms. The third-order valence-corrected chi connectivity index (χ3v) is 5.53. The fraction of sp³-hybridized carbons (Fsp3) is 0.500. The maximum atomic E-state index is 12.1. The van der Waals surface area contributed by atoms with Crippen molar-refractivity contribution in [1.82, 2.24) is 10.6 Å². The van der Waals surface area contributed by atoms with Crippen molar-refractivity contribution >= 4 is 33.3 Å². The van der Waals surface area contributed by atoms with E-state index in [2.05, 4.69) is 10.6 Å². The van der Waals surface area contributed by atoms with Gasteiger partial charge in [0.15, 0.2) is 9.84 Å². The molecule has 0 atom stereocenters. The maximum absolute atomic E-state index is 12.1. The van der Waals surface area contributed by atoms with E-state index in [0.717, 1.165) is 31.9 Å². The van der Waals surface area contributed by atoms with Gasteiger partial charge in [0.05, 0.1) is 9.92 Å². The van der Waals surface area contributed by atoms with Gasteiger partial charge < -0.3 is 10.6 Å². The number of nitrogens with one attached hydrogen (secondary N) is 2. The quantitative estimate of drug-likeness (QED) is 0.797. The van der Waals surface area contributed by atoms with E-state index in [1.807, 2.05) is 0 Å². The monoisotopic (exact) mass is 372 g/mol. The molecule has 2 amide bonds. The van der Waals surface area contributed by atoms with Gasteiger partial charge in [-0.3, -0.25) is 9.59 Å². The maximum Gasteiger partial charge on any atom is 0.251 e. The fourth-order valence-electron chi connectivity index (χ4n) is 2.69. The number of hydrogen-bond donors (Lipinski definition) is 2. The van der Waals surface area contributed by atoms with Crippen molar-refractivity contribution in [2.45, 2.75) is 43.0 Å². The lowest BCUT2D eigenvalue weighted by Gasteiger charge is -2.12. The molecule has 132 valence electrons. The average molecular weight is 373 g/mol. The normalized spacial score (nSPS) is 15.2. The average Bonchev–Trinajstić information content (AvgIpc) is 2.99. The Hall–Kier alpha value is -1.60. The van der Waals surface area contributed by atoms with E-state index >= 15 is 0 Å². The molecule has 8 heteroatoms. The highest BCUT2D eigenvalue weighted by Gasteiger charge is 2.18. The van der Waals surface area contributed by atoms with Crippen molar-refractivity contribution in [3.05, 3.63) is 28.8 Å². The molecule has 24 heavy (non-hydrogen) atoms. The van der Waals surface area contributed by atoms with Crippen LogP contribution >= 0.6 is 11.6 Å². The highest BCUT2D eigenvalue weighted by Crippen LogP contribution is 2.22. The van der Waals surface area contributed by atoms with Crippen molar-refractivity contribution in [3.63, 3.8) is 0 Å². The lowest BCUT2D eigenvalue weighted by atomic mass is 10.2. The van der Waals surface area contributed by atoms with Gasteiger partial charge in [0.1, 0.15) is 0 Å². The zero-order valence-corrected chi connectivity index (χ0v) is 15.0. The molecule has 1 aromatic rings. The van der Waals surface area contributed by atoms with Crippen LogP contribution in [0, 0.1) is 0 Å². The number of sulfone groups is 1. The van der Waals surface area contributed by atoms with E-state index in [9.17, 15) is 18.0 Å². The van der Waals surface area contributed by atoms with Crippen molar-refractivity contribution < 1.29 is 18.0 Å². The third kappa shape index (κ3) is 5.21. The predicted molar refractivity (Wildman–Crippen MR) is 91.9 cm³/mol. The van der Waals surface area contributed by atoms with Gasteiger partial charge in [-0.25, -0.2) is 8.42 Å². The van der Waals surface area contributed by atoms with Crippen LogP contribution in [0.25, 0.3) is 0 Å². The molecule has 0 aromatic heterocycles. The molecule has 0 bridgehead atoms. The first-order chi connectivity index (χ1) is 11.3. The van der Waals surface area contributed by atoms with Gasteiger partial charge in [-0.1, -0.05) is 24.4 Å². The second kappa shape index (κ2) is 7.98. The second-order valence-corrected chi connectivity index (χ2v) is 8.36. The second-order valence-electron chi connectivity index (χ2n) is 5.97. The molecule has 0 saturated heterocycles. The summed E-state index contributed by atoms with van der Waals surface area (Å²) in [6, 6.07) is 4.32. The summed E-state index contributed by atoms with van der Waals surface area (Å²) in [6.07, 6.45) is 5.52. The van der Waals surface area contributed by atoms with Crippen molar-refractivity contribution in [2.75, 3.05) is 12.8 Å². The topological polar surface area (TPSA) is 92.3 Å². The first kappa shape index (κ1) is 18.7. The summed E-state index contributed by atoms with van der Waals surface area (Å²) in [6.45, 7) is 0.189. The minimum Gasteiger partial charge on any atom is -0.353 e. The number of carbonyl (C=O) groups is 2. The van der Waals surface area contributed by atoms with E-state index in [1.54, 1.807) is 0 Å². The van der Waals surface area contributed by atoms with Gasteiger partial charge in [0.2, 0.25) is 5.91 Å². The molecule has 1 saturated carbocycles. The molecule has 1 fully saturated rings. The number of rotatable bonds is 6. The molecule has 1 aromatic carbocycles. The van der Waals surface area contributed by atoms with Gasteiger partial charge in [-0.2, -0.15) is 0 Å². The summed E-state index contributed by atoms with van der Waals surface area (Å²) in [7, 11) is -3.51. The van der Waals surface area contributed by atoms with Crippen LogP contribution in [-0.2, 0) is 14.6 Å². The molecule has 0 radical (unpaired) electrons. The number of benzene rings is 1. The Balaban J connectivity index is 1.87. The lowest BCUT2D eigenvalue weighted by molar-refractivity contribution is -0.121. The van der Waals surface area contributed by atoms with Crippen molar-refractivity contribution in [3.8, 4) is 0 Å². The number of hydrogen-bond acceptors (Lipinski definition) is 4. The van der Waals surface area contributed by atoms with Crippen LogP contribution in [-0.4, -0.2) is 39.1 Å². The largest absolute Gasteiger partial charge is 0.353 e. The predicted octanol–water partition coefficient (Wildman–Crippen LogP) is 1.92. The zero-order valence-electron chi connectivity index (χ0n) is 13.5. The molecule has 0 aliphatic heterocycles. The van der Waals surface area contributed by atoms with E-state index < -0.39 is 15.7 Å². The van der Waals surface area contributed by atoms with Crippen LogP contribution < -0.4 is 10.6 Å². The summed E-state index contributed by atoms with van der Waals surface area (Å²) in [5.74, 6) is -0.527. The minimum absolute atomic E-state index is 0.0741. The Bertz CT molecular complexity index is 728. The molecule has 1 aliphatic rings. The Morgan fingerprint density at radius 1 is 1.25 bits per heavy atom.